The Kier molecular flexibility index (Phi) is 10.4. The molecule has 4 rings (SSSR count). The van der Waals surface area contributed by atoms with Crippen molar-refractivity contribution < 1.29 is 9.59 Å². The molecule has 36 heavy (non-hydrogen) atoms. The molecule has 3 aromatic rings. The second kappa shape index (κ2) is 14.2. The van der Waals surface area contributed by atoms with Gasteiger partial charge in [-0.1, -0.05) is 67.1 Å². The Hall–Kier alpha value is -2.64. The predicted octanol–water partition coefficient (Wildman–Crippen LogP) is 7.19. The lowest BCUT2D eigenvalue weighted by atomic mass is 10.1. The van der Waals surface area contributed by atoms with Gasteiger partial charge in [-0.3, -0.25) is 9.59 Å². The summed E-state index contributed by atoms with van der Waals surface area (Å²) < 4.78 is 0. The first-order valence-corrected chi connectivity index (χ1v) is 14.8. The van der Waals surface area contributed by atoms with Gasteiger partial charge in [0.1, 0.15) is 0 Å². The van der Waals surface area contributed by atoms with E-state index in [9.17, 15) is 9.59 Å². The van der Waals surface area contributed by atoms with Crippen LogP contribution in [-0.2, 0) is 16.0 Å². The van der Waals surface area contributed by atoms with Gasteiger partial charge in [-0.25, -0.2) is 4.98 Å². The molecule has 1 aliphatic rings. The van der Waals surface area contributed by atoms with Gasteiger partial charge < -0.3 is 10.2 Å². The van der Waals surface area contributed by atoms with Crippen molar-refractivity contribution in [2.24, 2.45) is 0 Å². The van der Waals surface area contributed by atoms with E-state index < -0.39 is 0 Å². The summed E-state index contributed by atoms with van der Waals surface area (Å²) in [5, 5.41) is 5.87. The molecule has 5 nitrogen and oxygen atoms in total. The van der Waals surface area contributed by atoms with Crippen molar-refractivity contribution in [3.05, 3.63) is 65.5 Å². The molecule has 1 aromatic heterocycles. The number of unbranched alkanes of at least 4 members (excludes halogenated alkanes) is 3. The zero-order chi connectivity index (χ0) is 25.0. The van der Waals surface area contributed by atoms with E-state index in [0.29, 0.717) is 18.0 Å². The molecule has 0 bridgehead atoms. The third-order valence-electron chi connectivity index (χ3n) is 6.41. The number of carbonyl (C=O) groups excluding carboxylic acids is 2. The van der Waals surface area contributed by atoms with Gasteiger partial charge in [-0.05, 0) is 49.8 Å². The Morgan fingerprint density at radius 1 is 0.917 bits per heavy atom. The van der Waals surface area contributed by atoms with Crippen molar-refractivity contribution >= 4 is 44.9 Å². The van der Waals surface area contributed by atoms with E-state index in [0.717, 1.165) is 62.2 Å². The molecule has 0 atom stereocenters. The summed E-state index contributed by atoms with van der Waals surface area (Å²) in [6, 6.07) is 18.7. The summed E-state index contributed by atoms with van der Waals surface area (Å²) >= 11 is 2.91. The van der Waals surface area contributed by atoms with E-state index in [1.54, 1.807) is 0 Å². The van der Waals surface area contributed by atoms with Crippen LogP contribution in [-0.4, -0.2) is 34.8 Å². The van der Waals surface area contributed by atoms with Gasteiger partial charge in [0.2, 0.25) is 5.91 Å². The Balaban J connectivity index is 1.06. The molecule has 0 saturated carbocycles. The second-order valence-electron chi connectivity index (χ2n) is 9.20. The Labute approximate surface area is 222 Å². The van der Waals surface area contributed by atoms with Crippen LogP contribution in [0.1, 0.15) is 56.9 Å². The summed E-state index contributed by atoms with van der Waals surface area (Å²) in [6.07, 6.45) is 8.36. The fraction of sp³-hybridized carbons (Fsp3) is 0.414. The summed E-state index contributed by atoms with van der Waals surface area (Å²) in [7, 11) is 0. The number of benzene rings is 2. The van der Waals surface area contributed by atoms with Crippen molar-refractivity contribution in [3.8, 4) is 11.3 Å². The fourth-order valence-corrected chi connectivity index (χ4v) is 5.91. The molecule has 7 heteroatoms. The number of nitrogens with zero attached hydrogens (tertiary/aromatic N) is 2. The van der Waals surface area contributed by atoms with Crippen LogP contribution < -0.4 is 10.2 Å². The average molecular weight is 522 g/mol. The number of hydrogen-bond acceptors (Lipinski definition) is 6. The molecular weight excluding hydrogens is 486 g/mol. The molecule has 0 spiro atoms. The number of nitrogens with one attached hydrogen (secondary N) is 1. The van der Waals surface area contributed by atoms with E-state index in [2.05, 4.69) is 51.6 Å². The molecular formula is C29H35N3O2S2. The molecule has 190 valence electrons. The van der Waals surface area contributed by atoms with Gasteiger partial charge in [0.25, 0.3) is 0 Å². The Morgan fingerprint density at radius 2 is 1.67 bits per heavy atom. The van der Waals surface area contributed by atoms with Gasteiger partial charge in [-0.2, -0.15) is 0 Å². The van der Waals surface area contributed by atoms with E-state index in [-0.39, 0.29) is 11.0 Å². The Morgan fingerprint density at radius 3 is 2.44 bits per heavy atom. The van der Waals surface area contributed by atoms with E-state index in [4.69, 9.17) is 0 Å². The zero-order valence-corrected chi connectivity index (χ0v) is 22.4. The second-order valence-corrected chi connectivity index (χ2v) is 11.2. The highest BCUT2D eigenvalue weighted by Crippen LogP contribution is 2.28. The summed E-state index contributed by atoms with van der Waals surface area (Å²) in [5.74, 6) is 0.881. The average Bonchev–Trinajstić information content (AvgIpc) is 3.60. The Bertz CT molecular complexity index is 1090. The van der Waals surface area contributed by atoms with Crippen LogP contribution in [0.3, 0.4) is 0 Å². The van der Waals surface area contributed by atoms with Crippen molar-refractivity contribution in [3.63, 3.8) is 0 Å². The maximum Gasteiger partial charge on any atom is 0.226 e. The fourth-order valence-electron chi connectivity index (χ4n) is 4.35. The van der Waals surface area contributed by atoms with E-state index in [1.165, 1.54) is 47.2 Å². The SMILES string of the molecule is O=C(CCCCCCSC(=O)CCc1ccccc1)Nc1nc(-c2ccc(N3CCCC3)cc2)cs1. The molecule has 0 aliphatic carbocycles. The number of thioether (sulfide) groups is 1. The minimum absolute atomic E-state index is 0.0192. The maximum absolute atomic E-state index is 12.3. The lowest BCUT2D eigenvalue weighted by Gasteiger charge is -2.17. The number of carbonyl (C=O) groups is 2. The van der Waals surface area contributed by atoms with Gasteiger partial charge >= 0.3 is 0 Å². The molecule has 0 radical (unpaired) electrons. The molecule has 1 fully saturated rings. The number of aryl methyl sites for hydroxylation is 1. The van der Waals surface area contributed by atoms with Crippen LogP contribution in [0.4, 0.5) is 10.8 Å². The monoisotopic (exact) mass is 521 g/mol. The van der Waals surface area contributed by atoms with Crippen molar-refractivity contribution in [1.29, 1.82) is 0 Å². The molecule has 1 aliphatic heterocycles. The third-order valence-corrected chi connectivity index (χ3v) is 8.18. The largest absolute Gasteiger partial charge is 0.372 e. The van der Waals surface area contributed by atoms with E-state index in [1.807, 2.05) is 23.6 Å². The standard InChI is InChI=1S/C29H35N3O2S2/c33-27(12-6-1-2-9-21-35-28(34)18-13-23-10-4-3-5-11-23)31-29-30-26(22-36-29)24-14-16-25(17-15-24)32-19-7-8-20-32/h3-5,10-11,14-17,22H,1-2,6-9,12-13,18-21H2,(H,30,31,33). The first-order chi connectivity index (χ1) is 17.7. The highest BCUT2D eigenvalue weighted by Gasteiger charge is 2.13. The molecule has 1 saturated heterocycles. The first-order valence-electron chi connectivity index (χ1n) is 13.0. The van der Waals surface area contributed by atoms with Crippen LogP contribution in [0, 0.1) is 0 Å². The van der Waals surface area contributed by atoms with Crippen LogP contribution in [0.5, 0.6) is 0 Å². The van der Waals surface area contributed by atoms with E-state index >= 15 is 0 Å². The van der Waals surface area contributed by atoms with Gasteiger partial charge in [0.05, 0.1) is 5.69 Å². The quantitative estimate of drug-likeness (QED) is 0.241. The number of anilines is 2. The predicted molar refractivity (Wildman–Crippen MR) is 153 cm³/mol. The topological polar surface area (TPSA) is 62.3 Å². The van der Waals surface area contributed by atoms with Crippen LogP contribution in [0.25, 0.3) is 11.3 Å². The zero-order valence-electron chi connectivity index (χ0n) is 20.8. The normalized spacial score (nSPS) is 13.2. The molecule has 1 N–H and O–H groups in total. The van der Waals surface area contributed by atoms with Crippen molar-refractivity contribution in [1.82, 2.24) is 4.98 Å². The smallest absolute Gasteiger partial charge is 0.226 e. The lowest BCUT2D eigenvalue weighted by Crippen LogP contribution is -2.17. The van der Waals surface area contributed by atoms with Crippen LogP contribution in [0.2, 0.25) is 0 Å². The number of rotatable bonds is 13. The summed E-state index contributed by atoms with van der Waals surface area (Å²) in [4.78, 5) is 31.4. The third kappa shape index (κ3) is 8.49. The lowest BCUT2D eigenvalue weighted by molar-refractivity contribution is -0.116. The molecule has 0 unspecified atom stereocenters. The highest BCUT2D eigenvalue weighted by atomic mass is 32.2. The maximum atomic E-state index is 12.3. The molecule has 1 amide bonds. The highest BCUT2D eigenvalue weighted by molar-refractivity contribution is 8.13. The number of thiazole rings is 1. The van der Waals surface area contributed by atoms with Gasteiger partial charge in [0, 0.05) is 48.3 Å². The minimum Gasteiger partial charge on any atom is -0.372 e. The van der Waals surface area contributed by atoms with Gasteiger partial charge in [-0.15, -0.1) is 11.3 Å². The number of amides is 1. The van der Waals surface area contributed by atoms with Crippen LogP contribution >= 0.6 is 23.1 Å². The van der Waals surface area contributed by atoms with Crippen LogP contribution in [0.15, 0.2) is 60.0 Å². The number of aromatic nitrogens is 1. The van der Waals surface area contributed by atoms with Crippen molar-refractivity contribution in [2.45, 2.75) is 57.8 Å². The number of hydrogen-bond donors (Lipinski definition) is 1. The summed E-state index contributed by atoms with van der Waals surface area (Å²) in [5.41, 5.74) is 4.46. The van der Waals surface area contributed by atoms with Crippen molar-refractivity contribution in [2.75, 3.05) is 29.1 Å². The first kappa shape index (κ1) is 26.4. The molecule has 2 heterocycles. The van der Waals surface area contributed by atoms with Gasteiger partial charge in [0.15, 0.2) is 10.2 Å². The molecule has 2 aromatic carbocycles. The summed E-state index contributed by atoms with van der Waals surface area (Å²) in [6.45, 7) is 2.28. The minimum atomic E-state index is 0.0192.